The third-order valence-electron chi connectivity index (χ3n) is 2.68. The van der Waals surface area contributed by atoms with Gasteiger partial charge in [0.1, 0.15) is 22.5 Å². The van der Waals surface area contributed by atoms with Crippen LogP contribution in [-0.4, -0.2) is 21.1 Å². The van der Waals surface area contributed by atoms with Gasteiger partial charge in [-0.1, -0.05) is 11.6 Å². The van der Waals surface area contributed by atoms with Crippen LogP contribution in [-0.2, 0) is 16.6 Å². The van der Waals surface area contributed by atoms with E-state index in [2.05, 4.69) is 4.98 Å². The molecule has 0 atom stereocenters. The van der Waals surface area contributed by atoms with Gasteiger partial charge < -0.3 is 4.57 Å². The number of nitrogens with zero attached hydrogens (tertiary/aromatic N) is 2. The number of Topliss-reactive ketones (excluding diaryl/α,β-unsaturated/α-hetero) is 2. The SMILES string of the molecule is Cn1c(Cl)cnc1C1CC(=O)CC(=O)C1. The van der Waals surface area contributed by atoms with Gasteiger partial charge in [0, 0.05) is 25.8 Å². The second-order valence-electron chi connectivity index (χ2n) is 3.86. The first-order valence-electron chi connectivity index (χ1n) is 4.78. The molecule has 2 rings (SSSR count). The van der Waals surface area contributed by atoms with E-state index in [1.54, 1.807) is 17.8 Å². The highest BCUT2D eigenvalue weighted by Gasteiger charge is 2.29. The second kappa shape index (κ2) is 3.77. The van der Waals surface area contributed by atoms with Gasteiger partial charge in [0.05, 0.1) is 12.6 Å². The van der Waals surface area contributed by atoms with Crippen LogP contribution in [0.25, 0.3) is 0 Å². The number of rotatable bonds is 1. The Kier molecular flexibility index (Phi) is 2.61. The molecule has 0 unspecified atom stereocenters. The first kappa shape index (κ1) is 10.4. The van der Waals surface area contributed by atoms with E-state index < -0.39 is 0 Å². The zero-order valence-electron chi connectivity index (χ0n) is 8.36. The normalized spacial score (nSPS) is 18.5. The van der Waals surface area contributed by atoms with Crippen LogP contribution in [0, 0.1) is 0 Å². The molecule has 1 aliphatic carbocycles. The van der Waals surface area contributed by atoms with Crippen molar-refractivity contribution in [2.45, 2.75) is 25.2 Å². The van der Waals surface area contributed by atoms with Gasteiger partial charge in [-0.3, -0.25) is 9.59 Å². The lowest BCUT2D eigenvalue weighted by Crippen LogP contribution is -2.23. The molecule has 4 nitrogen and oxygen atoms in total. The van der Waals surface area contributed by atoms with E-state index in [1.807, 2.05) is 0 Å². The van der Waals surface area contributed by atoms with Crippen LogP contribution < -0.4 is 0 Å². The summed E-state index contributed by atoms with van der Waals surface area (Å²) in [6.07, 6.45) is 2.41. The standard InChI is InChI=1S/C10H11ClN2O2/c1-13-9(11)5-12-10(13)6-2-7(14)4-8(15)3-6/h5-6H,2-4H2,1H3. The highest BCUT2D eigenvalue weighted by Crippen LogP contribution is 2.29. The number of ketones is 2. The summed E-state index contributed by atoms with van der Waals surface area (Å²) < 4.78 is 1.72. The predicted molar refractivity (Wildman–Crippen MR) is 54.8 cm³/mol. The Labute approximate surface area is 92.2 Å². The predicted octanol–water partition coefficient (Wildman–Crippen LogP) is 1.48. The monoisotopic (exact) mass is 226 g/mol. The third-order valence-corrected chi connectivity index (χ3v) is 3.03. The number of imidazole rings is 1. The summed E-state index contributed by atoms with van der Waals surface area (Å²) in [4.78, 5) is 26.7. The summed E-state index contributed by atoms with van der Waals surface area (Å²) in [5.74, 6) is 0.614. The molecular formula is C10H11ClN2O2. The van der Waals surface area contributed by atoms with Crippen molar-refractivity contribution in [1.29, 1.82) is 0 Å². The van der Waals surface area contributed by atoms with Crippen LogP contribution in [0.15, 0.2) is 6.20 Å². The molecule has 1 aliphatic rings. The minimum atomic E-state index is -0.101. The Bertz CT molecular complexity index is 409. The van der Waals surface area contributed by atoms with Crippen molar-refractivity contribution in [1.82, 2.24) is 9.55 Å². The van der Waals surface area contributed by atoms with Crippen molar-refractivity contribution >= 4 is 23.2 Å². The first-order chi connectivity index (χ1) is 7.08. The topological polar surface area (TPSA) is 52.0 Å². The lowest BCUT2D eigenvalue weighted by Gasteiger charge is -2.19. The maximum absolute atomic E-state index is 11.3. The van der Waals surface area contributed by atoms with Crippen LogP contribution in [0.1, 0.15) is 31.0 Å². The largest absolute Gasteiger partial charge is 0.322 e. The molecule has 1 saturated carbocycles. The zero-order chi connectivity index (χ0) is 11.0. The Balaban J connectivity index is 2.27. The minimum absolute atomic E-state index is 0.00428. The van der Waals surface area contributed by atoms with E-state index in [0.717, 1.165) is 5.82 Å². The average molecular weight is 227 g/mol. The summed E-state index contributed by atoms with van der Waals surface area (Å²) in [5, 5.41) is 0.524. The number of halogens is 1. The van der Waals surface area contributed by atoms with Gasteiger partial charge >= 0.3 is 0 Å². The van der Waals surface area contributed by atoms with Gasteiger partial charge in [0.2, 0.25) is 0 Å². The lowest BCUT2D eigenvalue weighted by molar-refractivity contribution is -0.130. The van der Waals surface area contributed by atoms with Gasteiger partial charge in [-0.2, -0.15) is 0 Å². The summed E-state index contributed by atoms with van der Waals surface area (Å²) in [5.41, 5.74) is 0. The van der Waals surface area contributed by atoms with Crippen LogP contribution in [0.3, 0.4) is 0 Å². The fourth-order valence-electron chi connectivity index (χ4n) is 1.95. The van der Waals surface area contributed by atoms with Gasteiger partial charge in [0.15, 0.2) is 0 Å². The molecule has 0 spiro atoms. The van der Waals surface area contributed by atoms with Crippen molar-refractivity contribution in [2.24, 2.45) is 7.05 Å². The number of hydrogen-bond acceptors (Lipinski definition) is 3. The van der Waals surface area contributed by atoms with E-state index in [9.17, 15) is 9.59 Å². The highest BCUT2D eigenvalue weighted by atomic mass is 35.5. The Morgan fingerprint density at radius 1 is 1.40 bits per heavy atom. The quantitative estimate of drug-likeness (QED) is 0.682. The third kappa shape index (κ3) is 1.95. The molecule has 0 saturated heterocycles. The fraction of sp³-hybridized carbons (Fsp3) is 0.500. The van der Waals surface area contributed by atoms with Crippen LogP contribution >= 0.6 is 11.6 Å². The Morgan fingerprint density at radius 2 is 2.00 bits per heavy atom. The number of aromatic nitrogens is 2. The maximum Gasteiger partial charge on any atom is 0.140 e. The maximum atomic E-state index is 11.3. The molecule has 0 aliphatic heterocycles. The van der Waals surface area contributed by atoms with Gasteiger partial charge in [0.25, 0.3) is 0 Å². The highest BCUT2D eigenvalue weighted by molar-refractivity contribution is 6.29. The molecule has 1 fully saturated rings. The van der Waals surface area contributed by atoms with Crippen molar-refractivity contribution in [3.05, 3.63) is 17.2 Å². The molecule has 1 aromatic heterocycles. The van der Waals surface area contributed by atoms with Crippen molar-refractivity contribution in [3.63, 3.8) is 0 Å². The fourth-order valence-corrected chi connectivity index (χ4v) is 2.09. The summed E-state index contributed by atoms with van der Waals surface area (Å²) in [6, 6.07) is 0. The van der Waals surface area contributed by atoms with Crippen LogP contribution in [0.4, 0.5) is 0 Å². The Morgan fingerprint density at radius 3 is 2.47 bits per heavy atom. The summed E-state index contributed by atoms with van der Waals surface area (Å²) in [6.45, 7) is 0. The number of carbonyl (C=O) groups is 2. The summed E-state index contributed by atoms with van der Waals surface area (Å²) >= 11 is 5.85. The van der Waals surface area contributed by atoms with Crippen molar-refractivity contribution < 1.29 is 9.59 Å². The van der Waals surface area contributed by atoms with Gasteiger partial charge in [-0.15, -0.1) is 0 Å². The molecule has 15 heavy (non-hydrogen) atoms. The molecule has 0 radical (unpaired) electrons. The Hall–Kier alpha value is -1.16. The van der Waals surface area contributed by atoms with E-state index in [0.29, 0.717) is 18.0 Å². The van der Waals surface area contributed by atoms with Gasteiger partial charge in [-0.05, 0) is 0 Å². The van der Waals surface area contributed by atoms with Crippen LogP contribution in [0.2, 0.25) is 5.15 Å². The van der Waals surface area contributed by atoms with Crippen molar-refractivity contribution in [3.8, 4) is 0 Å². The molecule has 0 amide bonds. The van der Waals surface area contributed by atoms with E-state index >= 15 is 0 Å². The molecule has 5 heteroatoms. The minimum Gasteiger partial charge on any atom is -0.322 e. The molecule has 80 valence electrons. The molecule has 0 aromatic carbocycles. The van der Waals surface area contributed by atoms with Crippen molar-refractivity contribution in [2.75, 3.05) is 0 Å². The zero-order valence-corrected chi connectivity index (χ0v) is 9.12. The van der Waals surface area contributed by atoms with E-state index in [4.69, 9.17) is 11.6 Å². The van der Waals surface area contributed by atoms with Gasteiger partial charge in [-0.25, -0.2) is 4.98 Å². The molecule has 0 bridgehead atoms. The molecule has 0 N–H and O–H groups in total. The first-order valence-corrected chi connectivity index (χ1v) is 5.16. The van der Waals surface area contributed by atoms with E-state index in [1.165, 1.54) is 0 Å². The molecular weight excluding hydrogens is 216 g/mol. The number of carbonyl (C=O) groups excluding carboxylic acids is 2. The van der Waals surface area contributed by atoms with E-state index in [-0.39, 0.29) is 23.9 Å². The smallest absolute Gasteiger partial charge is 0.140 e. The molecule has 1 aromatic rings. The average Bonchev–Trinajstić information content (AvgIpc) is 2.46. The summed E-state index contributed by atoms with van der Waals surface area (Å²) in [7, 11) is 1.79. The lowest BCUT2D eigenvalue weighted by atomic mass is 9.87. The second-order valence-corrected chi connectivity index (χ2v) is 4.24. The number of hydrogen-bond donors (Lipinski definition) is 0. The molecule has 1 heterocycles. The van der Waals surface area contributed by atoms with Crippen LogP contribution in [0.5, 0.6) is 0 Å².